The molecule has 4 nitrogen and oxygen atoms in total. The molecule has 0 aromatic carbocycles. The van der Waals surface area contributed by atoms with Crippen LogP contribution in [0, 0.1) is 0 Å². The van der Waals surface area contributed by atoms with Crippen LogP contribution in [0.1, 0.15) is 0 Å². The summed E-state index contributed by atoms with van der Waals surface area (Å²) in [6.45, 7) is 0. The van der Waals surface area contributed by atoms with Gasteiger partial charge in [0.2, 0.25) is 0 Å². The van der Waals surface area contributed by atoms with Gasteiger partial charge in [0, 0.05) is 20.2 Å². The molecule has 0 unspecified atom stereocenters. The van der Waals surface area contributed by atoms with Crippen molar-refractivity contribution in [2.45, 2.75) is 0 Å². The molecular weight excluding hydrogens is 132 g/mol. The molecule has 0 aromatic rings. The second kappa shape index (κ2) is 2.13. The van der Waals surface area contributed by atoms with Gasteiger partial charge in [0.05, 0.1) is 0 Å². The lowest BCUT2D eigenvalue weighted by Crippen LogP contribution is -2.28. The Bertz CT molecular complexity index is 220. The summed E-state index contributed by atoms with van der Waals surface area (Å²) in [5.41, 5.74) is 0.354. The molecular formula is C6H8N2O2. The predicted octanol–water partition coefficient (Wildman–Crippen LogP) is -0.912. The maximum atomic E-state index is 10.9. The maximum Gasteiger partial charge on any atom is 0.276 e. The van der Waals surface area contributed by atoms with Crippen LogP contribution < -0.4 is 5.32 Å². The number of carbonyl (C=O) groups is 2. The van der Waals surface area contributed by atoms with Crippen molar-refractivity contribution < 1.29 is 9.59 Å². The van der Waals surface area contributed by atoms with Gasteiger partial charge in [0.15, 0.2) is 0 Å². The van der Waals surface area contributed by atoms with Gasteiger partial charge in [-0.15, -0.1) is 0 Å². The predicted molar refractivity (Wildman–Crippen MR) is 34.9 cm³/mol. The minimum atomic E-state index is -0.271. The summed E-state index contributed by atoms with van der Waals surface area (Å²) >= 11 is 0. The van der Waals surface area contributed by atoms with Gasteiger partial charge in [0.25, 0.3) is 11.8 Å². The highest BCUT2D eigenvalue weighted by atomic mass is 16.2. The Morgan fingerprint density at radius 1 is 1.50 bits per heavy atom. The zero-order valence-corrected chi connectivity index (χ0v) is 5.84. The van der Waals surface area contributed by atoms with E-state index >= 15 is 0 Å². The van der Waals surface area contributed by atoms with E-state index in [1.807, 2.05) is 0 Å². The summed E-state index contributed by atoms with van der Waals surface area (Å²) in [5.74, 6) is -0.540. The van der Waals surface area contributed by atoms with Crippen LogP contribution in [-0.4, -0.2) is 30.8 Å². The second-order valence-corrected chi connectivity index (χ2v) is 2.01. The van der Waals surface area contributed by atoms with Gasteiger partial charge in [-0.1, -0.05) is 0 Å². The van der Waals surface area contributed by atoms with Crippen LogP contribution >= 0.6 is 0 Å². The Morgan fingerprint density at radius 3 is 2.30 bits per heavy atom. The highest BCUT2D eigenvalue weighted by molar-refractivity contribution is 6.15. The summed E-state index contributed by atoms with van der Waals surface area (Å²) in [5, 5.41) is 2.62. The summed E-state index contributed by atoms with van der Waals surface area (Å²) in [6.07, 6.45) is 1.28. The number of likely N-dealkylation sites (N-methyl/N-ethyl adjacent to an activating group) is 2. The number of hydrogen-bond acceptors (Lipinski definition) is 3. The molecule has 0 aliphatic carbocycles. The van der Waals surface area contributed by atoms with Gasteiger partial charge in [-0.05, 0) is 0 Å². The molecule has 10 heavy (non-hydrogen) atoms. The summed E-state index contributed by atoms with van der Waals surface area (Å²) < 4.78 is 0. The van der Waals surface area contributed by atoms with Crippen molar-refractivity contribution in [3.8, 4) is 0 Å². The van der Waals surface area contributed by atoms with Crippen molar-refractivity contribution in [2.75, 3.05) is 14.1 Å². The standard InChI is InChI=1S/C6H8N2O2/c1-7-4-3-5(9)8(2)6(4)10/h3,7H,1-2H3. The number of rotatable bonds is 1. The normalized spacial score (nSPS) is 17.8. The third kappa shape index (κ3) is 0.775. The van der Waals surface area contributed by atoms with E-state index in [4.69, 9.17) is 0 Å². The molecule has 0 bridgehead atoms. The molecule has 0 fully saturated rings. The molecule has 1 N–H and O–H groups in total. The van der Waals surface area contributed by atoms with Crippen LogP contribution in [0.5, 0.6) is 0 Å². The van der Waals surface area contributed by atoms with Gasteiger partial charge in [0.1, 0.15) is 5.70 Å². The van der Waals surface area contributed by atoms with E-state index in [9.17, 15) is 9.59 Å². The second-order valence-electron chi connectivity index (χ2n) is 2.01. The topological polar surface area (TPSA) is 49.4 Å². The largest absolute Gasteiger partial charge is 0.383 e. The number of nitrogens with one attached hydrogen (secondary N) is 1. The Balaban J connectivity index is 2.89. The van der Waals surface area contributed by atoms with E-state index in [1.54, 1.807) is 7.05 Å². The third-order valence-electron chi connectivity index (χ3n) is 1.40. The third-order valence-corrected chi connectivity index (χ3v) is 1.40. The SMILES string of the molecule is CNC1=CC(=O)N(C)C1=O. The molecule has 0 saturated carbocycles. The Labute approximate surface area is 58.5 Å². The van der Waals surface area contributed by atoms with Crippen molar-refractivity contribution >= 4 is 11.8 Å². The van der Waals surface area contributed by atoms with Crippen LogP contribution in [0.3, 0.4) is 0 Å². The van der Waals surface area contributed by atoms with Crippen LogP contribution in [-0.2, 0) is 9.59 Å². The zero-order valence-electron chi connectivity index (χ0n) is 5.84. The fraction of sp³-hybridized carbons (Fsp3) is 0.333. The van der Waals surface area contributed by atoms with Crippen molar-refractivity contribution in [2.24, 2.45) is 0 Å². The average Bonchev–Trinajstić information content (AvgIpc) is 2.17. The molecule has 0 radical (unpaired) electrons. The van der Waals surface area contributed by atoms with Gasteiger partial charge in [-0.25, -0.2) is 0 Å². The van der Waals surface area contributed by atoms with Crippen LogP contribution in [0.15, 0.2) is 11.8 Å². The van der Waals surface area contributed by atoms with E-state index in [-0.39, 0.29) is 11.8 Å². The first-order chi connectivity index (χ1) is 4.66. The first-order valence-corrected chi connectivity index (χ1v) is 2.88. The number of amides is 2. The van der Waals surface area contributed by atoms with Gasteiger partial charge < -0.3 is 5.32 Å². The number of hydrogen-bond donors (Lipinski definition) is 1. The smallest absolute Gasteiger partial charge is 0.276 e. The minimum Gasteiger partial charge on any atom is -0.383 e. The van der Waals surface area contributed by atoms with Crippen molar-refractivity contribution in [3.63, 3.8) is 0 Å². The average molecular weight is 140 g/mol. The van der Waals surface area contributed by atoms with Gasteiger partial charge in [-0.2, -0.15) is 0 Å². The summed E-state index contributed by atoms with van der Waals surface area (Å²) in [7, 11) is 3.06. The van der Waals surface area contributed by atoms with Crippen LogP contribution in [0.25, 0.3) is 0 Å². The van der Waals surface area contributed by atoms with E-state index < -0.39 is 0 Å². The fourth-order valence-electron chi connectivity index (χ4n) is 0.742. The molecule has 2 amide bonds. The van der Waals surface area contributed by atoms with E-state index in [0.717, 1.165) is 4.90 Å². The molecule has 0 spiro atoms. The van der Waals surface area contributed by atoms with Crippen molar-refractivity contribution in [1.29, 1.82) is 0 Å². The molecule has 54 valence electrons. The first kappa shape index (κ1) is 6.80. The number of nitrogens with zero attached hydrogens (tertiary/aromatic N) is 1. The molecule has 1 rings (SSSR count). The summed E-state index contributed by atoms with van der Waals surface area (Å²) in [6, 6.07) is 0. The summed E-state index contributed by atoms with van der Waals surface area (Å²) in [4.78, 5) is 22.7. The highest BCUT2D eigenvalue weighted by Crippen LogP contribution is 2.05. The molecule has 4 heteroatoms. The van der Waals surface area contributed by atoms with Gasteiger partial charge >= 0.3 is 0 Å². The van der Waals surface area contributed by atoms with E-state index in [1.165, 1.54) is 13.1 Å². The van der Waals surface area contributed by atoms with Gasteiger partial charge in [-0.3, -0.25) is 14.5 Å². The Morgan fingerprint density at radius 2 is 2.10 bits per heavy atom. The number of imide groups is 1. The Kier molecular flexibility index (Phi) is 1.45. The number of carbonyl (C=O) groups excluding carboxylic acids is 2. The van der Waals surface area contributed by atoms with E-state index in [2.05, 4.69) is 5.32 Å². The lowest BCUT2D eigenvalue weighted by Gasteiger charge is -2.05. The van der Waals surface area contributed by atoms with Crippen LogP contribution in [0.4, 0.5) is 0 Å². The fourth-order valence-corrected chi connectivity index (χ4v) is 0.742. The van der Waals surface area contributed by atoms with E-state index in [0.29, 0.717) is 5.70 Å². The minimum absolute atomic E-state index is 0.269. The molecule has 1 heterocycles. The molecule has 1 aliphatic rings. The Hall–Kier alpha value is -1.32. The zero-order chi connectivity index (χ0) is 7.72. The molecule has 1 aliphatic heterocycles. The van der Waals surface area contributed by atoms with Crippen molar-refractivity contribution in [3.05, 3.63) is 11.8 Å². The lowest BCUT2D eigenvalue weighted by molar-refractivity contribution is -0.135. The molecule has 0 aromatic heterocycles. The lowest BCUT2D eigenvalue weighted by atomic mass is 10.4. The monoisotopic (exact) mass is 140 g/mol. The quantitative estimate of drug-likeness (QED) is 0.479. The molecule has 0 saturated heterocycles. The maximum absolute atomic E-state index is 10.9. The van der Waals surface area contributed by atoms with Crippen LogP contribution in [0.2, 0.25) is 0 Å². The molecule has 0 atom stereocenters. The van der Waals surface area contributed by atoms with Crippen molar-refractivity contribution in [1.82, 2.24) is 10.2 Å². The first-order valence-electron chi connectivity index (χ1n) is 2.88. The highest BCUT2D eigenvalue weighted by Gasteiger charge is 2.26.